The Bertz CT molecular complexity index is 487. The molecule has 2 rings (SSSR count). The van der Waals surface area contributed by atoms with E-state index in [-0.39, 0.29) is 5.91 Å². The van der Waals surface area contributed by atoms with Crippen molar-refractivity contribution in [1.29, 1.82) is 0 Å². The molecule has 1 aliphatic heterocycles. The molecule has 0 saturated carbocycles. The molecule has 1 fully saturated rings. The zero-order chi connectivity index (χ0) is 15.2. The van der Waals surface area contributed by atoms with Gasteiger partial charge in [-0.2, -0.15) is 0 Å². The summed E-state index contributed by atoms with van der Waals surface area (Å²) in [7, 11) is 0. The summed E-state index contributed by atoms with van der Waals surface area (Å²) in [4.78, 5) is 14.6. The third kappa shape index (κ3) is 3.69. The normalized spacial score (nSPS) is 18.4. The molecule has 1 aliphatic rings. The minimum absolute atomic E-state index is 0.0891. The molecule has 0 aromatic heterocycles. The van der Waals surface area contributed by atoms with Crippen molar-refractivity contribution in [2.75, 3.05) is 19.8 Å². The van der Waals surface area contributed by atoms with Crippen molar-refractivity contribution < 1.29 is 14.3 Å². The van der Waals surface area contributed by atoms with Crippen molar-refractivity contribution in [3.05, 3.63) is 23.8 Å². The van der Waals surface area contributed by atoms with Crippen LogP contribution in [0.4, 0.5) is 0 Å². The molecular weight excluding hydrogens is 266 g/mol. The lowest BCUT2D eigenvalue weighted by atomic mass is 10.0. The van der Waals surface area contributed by atoms with Gasteiger partial charge in [0.15, 0.2) is 11.5 Å². The topological polar surface area (TPSA) is 38.8 Å². The van der Waals surface area contributed by atoms with Crippen LogP contribution in [-0.4, -0.2) is 36.6 Å². The van der Waals surface area contributed by atoms with Crippen LogP contribution in [0.2, 0.25) is 0 Å². The van der Waals surface area contributed by atoms with Gasteiger partial charge in [0.05, 0.1) is 13.2 Å². The van der Waals surface area contributed by atoms with E-state index >= 15 is 0 Å². The fraction of sp³-hybridized carbons (Fsp3) is 0.588. The Kier molecular flexibility index (Phi) is 5.48. The van der Waals surface area contributed by atoms with E-state index in [4.69, 9.17) is 9.47 Å². The van der Waals surface area contributed by atoms with Crippen molar-refractivity contribution in [1.82, 2.24) is 4.90 Å². The van der Waals surface area contributed by atoms with Gasteiger partial charge in [0, 0.05) is 18.2 Å². The number of nitrogens with zero attached hydrogens (tertiary/aromatic N) is 1. The number of likely N-dealkylation sites (tertiary alicyclic amines) is 1. The van der Waals surface area contributed by atoms with Gasteiger partial charge in [-0.15, -0.1) is 0 Å². The SMILES string of the molecule is CCOc1ccc(C(=O)N2CCCCC2C)cc1OCC. The average molecular weight is 291 g/mol. The molecule has 1 atom stereocenters. The smallest absolute Gasteiger partial charge is 0.254 e. The first-order valence-electron chi connectivity index (χ1n) is 7.88. The maximum absolute atomic E-state index is 12.7. The molecule has 1 unspecified atom stereocenters. The average Bonchev–Trinajstić information content (AvgIpc) is 2.49. The quantitative estimate of drug-likeness (QED) is 0.833. The van der Waals surface area contributed by atoms with Crippen molar-refractivity contribution in [3.63, 3.8) is 0 Å². The molecule has 1 heterocycles. The second kappa shape index (κ2) is 7.34. The van der Waals surface area contributed by atoms with E-state index in [1.807, 2.05) is 30.9 Å². The zero-order valence-electron chi connectivity index (χ0n) is 13.2. The fourth-order valence-corrected chi connectivity index (χ4v) is 2.75. The van der Waals surface area contributed by atoms with Gasteiger partial charge in [0.2, 0.25) is 0 Å². The number of carbonyl (C=O) groups excluding carboxylic acids is 1. The number of piperidine rings is 1. The van der Waals surface area contributed by atoms with E-state index in [1.54, 1.807) is 6.07 Å². The highest BCUT2D eigenvalue weighted by Gasteiger charge is 2.24. The molecule has 116 valence electrons. The zero-order valence-corrected chi connectivity index (χ0v) is 13.2. The predicted molar refractivity (Wildman–Crippen MR) is 83.1 cm³/mol. The number of rotatable bonds is 5. The van der Waals surface area contributed by atoms with Gasteiger partial charge in [-0.1, -0.05) is 0 Å². The largest absolute Gasteiger partial charge is 0.490 e. The number of benzene rings is 1. The molecule has 0 N–H and O–H groups in total. The highest BCUT2D eigenvalue weighted by atomic mass is 16.5. The summed E-state index contributed by atoms with van der Waals surface area (Å²) in [6, 6.07) is 5.78. The summed E-state index contributed by atoms with van der Waals surface area (Å²) in [6.07, 6.45) is 3.38. The molecule has 0 spiro atoms. The summed E-state index contributed by atoms with van der Waals surface area (Å²) < 4.78 is 11.1. The van der Waals surface area contributed by atoms with Crippen molar-refractivity contribution in [2.45, 2.75) is 46.1 Å². The molecule has 1 aromatic carbocycles. The Morgan fingerprint density at radius 1 is 1.19 bits per heavy atom. The predicted octanol–water partition coefficient (Wildman–Crippen LogP) is 3.50. The molecule has 21 heavy (non-hydrogen) atoms. The maximum Gasteiger partial charge on any atom is 0.254 e. The first kappa shape index (κ1) is 15.7. The first-order valence-corrected chi connectivity index (χ1v) is 7.88. The Morgan fingerprint density at radius 3 is 2.57 bits per heavy atom. The van der Waals surface area contributed by atoms with Crippen LogP contribution in [0.3, 0.4) is 0 Å². The Morgan fingerprint density at radius 2 is 1.90 bits per heavy atom. The summed E-state index contributed by atoms with van der Waals surface area (Å²) in [5.74, 6) is 1.43. The van der Waals surface area contributed by atoms with Gasteiger partial charge in [0.1, 0.15) is 0 Å². The second-order valence-electron chi connectivity index (χ2n) is 5.37. The molecule has 4 heteroatoms. The van der Waals surface area contributed by atoms with Gasteiger partial charge >= 0.3 is 0 Å². The van der Waals surface area contributed by atoms with Crippen LogP contribution in [0.5, 0.6) is 11.5 Å². The molecule has 0 radical (unpaired) electrons. The Hall–Kier alpha value is -1.71. The highest BCUT2D eigenvalue weighted by molar-refractivity contribution is 5.95. The van der Waals surface area contributed by atoms with Crippen LogP contribution >= 0.6 is 0 Å². The molecule has 1 saturated heterocycles. The summed E-state index contributed by atoms with van der Waals surface area (Å²) in [6.45, 7) is 7.96. The second-order valence-corrected chi connectivity index (χ2v) is 5.37. The fourth-order valence-electron chi connectivity index (χ4n) is 2.75. The molecule has 0 aliphatic carbocycles. The molecular formula is C17H25NO3. The van der Waals surface area contributed by atoms with Crippen LogP contribution in [0.1, 0.15) is 50.4 Å². The Balaban J connectivity index is 2.22. The Labute approximate surface area is 127 Å². The number of hydrogen-bond donors (Lipinski definition) is 0. The molecule has 1 amide bonds. The van der Waals surface area contributed by atoms with E-state index in [0.29, 0.717) is 36.3 Å². The maximum atomic E-state index is 12.7. The van der Waals surface area contributed by atoms with E-state index < -0.39 is 0 Å². The van der Waals surface area contributed by atoms with Gasteiger partial charge in [-0.25, -0.2) is 0 Å². The van der Waals surface area contributed by atoms with Crippen LogP contribution in [0.15, 0.2) is 18.2 Å². The van der Waals surface area contributed by atoms with Gasteiger partial charge < -0.3 is 14.4 Å². The van der Waals surface area contributed by atoms with Crippen LogP contribution < -0.4 is 9.47 Å². The number of hydrogen-bond acceptors (Lipinski definition) is 3. The molecule has 0 bridgehead atoms. The third-order valence-corrected chi connectivity index (χ3v) is 3.85. The van der Waals surface area contributed by atoms with Crippen molar-refractivity contribution >= 4 is 5.91 Å². The van der Waals surface area contributed by atoms with Gasteiger partial charge in [-0.3, -0.25) is 4.79 Å². The van der Waals surface area contributed by atoms with Gasteiger partial charge in [0.25, 0.3) is 5.91 Å². The van der Waals surface area contributed by atoms with E-state index in [1.165, 1.54) is 6.42 Å². The minimum Gasteiger partial charge on any atom is -0.490 e. The van der Waals surface area contributed by atoms with Gasteiger partial charge in [-0.05, 0) is 58.2 Å². The van der Waals surface area contributed by atoms with E-state index in [2.05, 4.69) is 6.92 Å². The van der Waals surface area contributed by atoms with Crippen molar-refractivity contribution in [3.8, 4) is 11.5 Å². The van der Waals surface area contributed by atoms with Crippen molar-refractivity contribution in [2.24, 2.45) is 0 Å². The van der Waals surface area contributed by atoms with E-state index in [9.17, 15) is 4.79 Å². The first-order chi connectivity index (χ1) is 10.2. The minimum atomic E-state index is 0.0891. The van der Waals surface area contributed by atoms with Crippen LogP contribution in [0.25, 0.3) is 0 Å². The monoisotopic (exact) mass is 291 g/mol. The summed E-state index contributed by atoms with van der Waals surface area (Å²) >= 11 is 0. The lowest BCUT2D eigenvalue weighted by Gasteiger charge is -2.33. The lowest BCUT2D eigenvalue weighted by Crippen LogP contribution is -2.42. The third-order valence-electron chi connectivity index (χ3n) is 3.85. The molecule has 1 aromatic rings. The summed E-state index contributed by atoms with van der Waals surface area (Å²) in [5.41, 5.74) is 0.677. The van der Waals surface area contributed by atoms with E-state index in [0.717, 1.165) is 19.4 Å². The standard InChI is InChI=1S/C17H25NO3/c1-4-20-15-10-9-14(12-16(15)21-5-2)17(19)18-11-7-6-8-13(18)3/h9-10,12-13H,4-8,11H2,1-3H3. The number of ether oxygens (including phenoxy) is 2. The van der Waals surface area contributed by atoms with Crippen LogP contribution in [-0.2, 0) is 0 Å². The highest BCUT2D eigenvalue weighted by Crippen LogP contribution is 2.30. The summed E-state index contributed by atoms with van der Waals surface area (Å²) in [5, 5.41) is 0. The number of amides is 1. The molecule has 4 nitrogen and oxygen atoms in total. The number of carbonyl (C=O) groups is 1. The lowest BCUT2D eigenvalue weighted by molar-refractivity contribution is 0.0635. The van der Waals surface area contributed by atoms with Crippen LogP contribution in [0, 0.1) is 0 Å².